The van der Waals surface area contributed by atoms with Gasteiger partial charge in [-0.2, -0.15) is 13.2 Å². The number of nitrogens with one attached hydrogen (secondary N) is 2. The molecule has 0 unspecified atom stereocenters. The molecular formula is C20H20F4N4O2S. The van der Waals surface area contributed by atoms with Gasteiger partial charge >= 0.3 is 6.18 Å². The van der Waals surface area contributed by atoms with E-state index in [1.54, 1.807) is 31.2 Å². The summed E-state index contributed by atoms with van der Waals surface area (Å²) in [7, 11) is 0. The van der Waals surface area contributed by atoms with E-state index >= 15 is 0 Å². The molecule has 3 heterocycles. The van der Waals surface area contributed by atoms with Gasteiger partial charge in [-0.05, 0) is 23.9 Å². The molecule has 1 aromatic carbocycles. The fraction of sp³-hybridized carbons (Fsp3) is 0.400. The highest BCUT2D eigenvalue weighted by Gasteiger charge is 2.32. The molecule has 0 amide bonds. The molecule has 0 spiro atoms. The van der Waals surface area contributed by atoms with Crippen molar-refractivity contribution in [2.75, 3.05) is 18.4 Å². The lowest BCUT2D eigenvalue weighted by atomic mass is 10.1. The quantitative estimate of drug-likeness (QED) is 0.310. The molecule has 6 nitrogen and oxygen atoms in total. The molecule has 166 valence electrons. The average Bonchev–Trinajstić information content (AvgIpc) is 3.39. The first kappa shape index (κ1) is 21.6. The average molecular weight is 456 g/mol. The molecule has 4 rings (SSSR count). The monoisotopic (exact) mass is 456 g/mol. The van der Waals surface area contributed by atoms with Crippen LogP contribution in [0.3, 0.4) is 0 Å². The number of hydrogen-bond donors (Lipinski definition) is 2. The first-order chi connectivity index (χ1) is 14.8. The van der Waals surface area contributed by atoms with Gasteiger partial charge in [0.25, 0.3) is 0 Å². The zero-order valence-electron chi connectivity index (χ0n) is 16.5. The van der Waals surface area contributed by atoms with Gasteiger partial charge in [0.05, 0.1) is 33.9 Å². The zero-order chi connectivity index (χ0) is 22.0. The van der Waals surface area contributed by atoms with Gasteiger partial charge in [0, 0.05) is 19.2 Å². The fourth-order valence-electron chi connectivity index (χ4n) is 3.45. The maximum Gasteiger partial charge on any atom is 0.393 e. The Kier molecular flexibility index (Phi) is 6.15. The Hall–Kier alpha value is -2.66. The molecule has 11 heteroatoms. The molecule has 1 fully saturated rings. The van der Waals surface area contributed by atoms with Crippen LogP contribution in [-0.2, 0) is 17.9 Å². The second kappa shape index (κ2) is 8.83. The summed E-state index contributed by atoms with van der Waals surface area (Å²) in [6.45, 7) is 2.46. The van der Waals surface area contributed by atoms with Crippen molar-refractivity contribution in [3.05, 3.63) is 46.2 Å². The molecule has 2 atom stereocenters. The maximum atomic E-state index is 14.0. The standard InChI is InChI=1S/C20H20F4N4O2S/c1-11-5-12(28-30-11)10-29-26-9-18-14(6-20(22,23)24)13-3-2-4-16(19(13)31-18)27-17-8-25-7-15(17)21/h2-5,9,15,17,25,27H,6-8,10H2,1H3/b26-9+/t15-,17+/m0/s1. The summed E-state index contributed by atoms with van der Waals surface area (Å²) in [4.78, 5) is 5.50. The molecule has 1 aliphatic heterocycles. The smallest absolute Gasteiger partial charge is 0.389 e. The van der Waals surface area contributed by atoms with E-state index in [9.17, 15) is 17.6 Å². The van der Waals surface area contributed by atoms with E-state index in [-0.39, 0.29) is 18.7 Å². The molecule has 0 aliphatic carbocycles. The van der Waals surface area contributed by atoms with E-state index in [2.05, 4.69) is 20.9 Å². The molecule has 0 bridgehead atoms. The lowest BCUT2D eigenvalue weighted by Gasteiger charge is -2.16. The highest BCUT2D eigenvalue weighted by molar-refractivity contribution is 7.21. The van der Waals surface area contributed by atoms with Crippen molar-refractivity contribution in [1.29, 1.82) is 0 Å². The van der Waals surface area contributed by atoms with Crippen LogP contribution in [0, 0.1) is 6.92 Å². The minimum Gasteiger partial charge on any atom is -0.389 e. The van der Waals surface area contributed by atoms with Crippen LogP contribution >= 0.6 is 11.3 Å². The number of aromatic nitrogens is 1. The number of nitrogens with zero attached hydrogens (tertiary/aromatic N) is 2. The van der Waals surface area contributed by atoms with E-state index < -0.39 is 24.8 Å². The van der Waals surface area contributed by atoms with Crippen LogP contribution in [0.5, 0.6) is 0 Å². The third kappa shape index (κ3) is 5.16. The minimum absolute atomic E-state index is 0.0344. The van der Waals surface area contributed by atoms with Crippen molar-refractivity contribution >= 4 is 33.3 Å². The summed E-state index contributed by atoms with van der Waals surface area (Å²) in [6, 6.07) is 6.28. The van der Waals surface area contributed by atoms with Crippen molar-refractivity contribution in [2.24, 2.45) is 5.16 Å². The zero-order valence-corrected chi connectivity index (χ0v) is 17.3. The normalized spacial score (nSPS) is 19.5. The number of anilines is 1. The van der Waals surface area contributed by atoms with Gasteiger partial charge in [-0.1, -0.05) is 22.4 Å². The molecular weight excluding hydrogens is 436 g/mol. The van der Waals surface area contributed by atoms with Crippen LogP contribution in [0.1, 0.15) is 21.9 Å². The van der Waals surface area contributed by atoms with Crippen LogP contribution in [0.2, 0.25) is 0 Å². The number of halogens is 4. The number of alkyl halides is 4. The van der Waals surface area contributed by atoms with E-state index in [1.165, 1.54) is 6.21 Å². The van der Waals surface area contributed by atoms with Gasteiger partial charge in [-0.25, -0.2) is 4.39 Å². The second-order valence-corrected chi connectivity index (χ2v) is 8.33. The SMILES string of the molecule is Cc1cc(CO/N=C/c2sc3c(N[C@@H]4CNC[C@@H]4F)cccc3c2CC(F)(F)F)no1. The number of rotatable bonds is 7. The Bertz CT molecular complexity index is 1080. The maximum absolute atomic E-state index is 14.0. The highest BCUT2D eigenvalue weighted by atomic mass is 32.1. The van der Waals surface area contributed by atoms with Crippen molar-refractivity contribution in [3.63, 3.8) is 0 Å². The first-order valence-corrected chi connectivity index (χ1v) is 10.4. The van der Waals surface area contributed by atoms with Crippen molar-refractivity contribution in [2.45, 2.75) is 38.3 Å². The lowest BCUT2D eigenvalue weighted by molar-refractivity contribution is -0.126. The van der Waals surface area contributed by atoms with Gasteiger partial charge in [-0.15, -0.1) is 11.3 Å². The molecule has 0 saturated carbocycles. The van der Waals surface area contributed by atoms with E-state index in [1.807, 2.05) is 0 Å². The Morgan fingerprint density at radius 3 is 2.90 bits per heavy atom. The molecule has 2 aromatic heterocycles. The summed E-state index contributed by atoms with van der Waals surface area (Å²) >= 11 is 1.16. The number of benzene rings is 1. The van der Waals surface area contributed by atoms with Gasteiger partial charge in [0.1, 0.15) is 17.6 Å². The number of thiophene rings is 1. The van der Waals surface area contributed by atoms with Crippen LogP contribution in [0.4, 0.5) is 23.2 Å². The van der Waals surface area contributed by atoms with Crippen molar-refractivity contribution < 1.29 is 26.9 Å². The lowest BCUT2D eigenvalue weighted by Crippen LogP contribution is -2.29. The molecule has 1 saturated heterocycles. The third-order valence-corrected chi connectivity index (χ3v) is 6.06. The summed E-state index contributed by atoms with van der Waals surface area (Å²) < 4.78 is 59.3. The number of oxime groups is 1. The fourth-order valence-corrected chi connectivity index (χ4v) is 4.61. The minimum atomic E-state index is -4.39. The molecule has 2 N–H and O–H groups in total. The predicted octanol–water partition coefficient (Wildman–Crippen LogP) is 4.58. The van der Waals surface area contributed by atoms with Crippen molar-refractivity contribution in [1.82, 2.24) is 10.5 Å². The summed E-state index contributed by atoms with van der Waals surface area (Å²) in [6.07, 6.45) is -5.29. The second-order valence-electron chi connectivity index (χ2n) is 7.28. The van der Waals surface area contributed by atoms with Crippen LogP contribution in [-0.4, -0.2) is 42.9 Å². The summed E-state index contributed by atoms with van der Waals surface area (Å²) in [5.41, 5.74) is 1.24. The Morgan fingerprint density at radius 1 is 1.39 bits per heavy atom. The number of hydrogen-bond acceptors (Lipinski definition) is 7. The number of fused-ring (bicyclic) bond motifs is 1. The molecule has 0 radical (unpaired) electrons. The predicted molar refractivity (Wildman–Crippen MR) is 110 cm³/mol. The van der Waals surface area contributed by atoms with Gasteiger partial charge in [-0.3, -0.25) is 0 Å². The van der Waals surface area contributed by atoms with Gasteiger partial charge in [0.2, 0.25) is 0 Å². The Morgan fingerprint density at radius 2 is 2.23 bits per heavy atom. The highest BCUT2D eigenvalue weighted by Crippen LogP contribution is 2.39. The van der Waals surface area contributed by atoms with E-state index in [0.717, 1.165) is 11.3 Å². The van der Waals surface area contributed by atoms with Gasteiger partial charge in [0.15, 0.2) is 6.61 Å². The Labute approximate surface area is 179 Å². The molecule has 3 aromatic rings. The van der Waals surface area contributed by atoms with E-state index in [0.29, 0.717) is 38.6 Å². The first-order valence-electron chi connectivity index (χ1n) is 9.60. The van der Waals surface area contributed by atoms with Crippen LogP contribution in [0.15, 0.2) is 33.9 Å². The summed E-state index contributed by atoms with van der Waals surface area (Å²) in [5, 5.41) is 14.1. The van der Waals surface area contributed by atoms with Crippen LogP contribution in [0.25, 0.3) is 10.1 Å². The van der Waals surface area contributed by atoms with Gasteiger partial charge < -0.3 is 20.0 Å². The largest absolute Gasteiger partial charge is 0.393 e. The van der Waals surface area contributed by atoms with Crippen LogP contribution < -0.4 is 10.6 Å². The molecule has 1 aliphatic rings. The topological polar surface area (TPSA) is 71.7 Å². The summed E-state index contributed by atoms with van der Waals surface area (Å²) in [5.74, 6) is 0.618. The number of aryl methyl sites for hydroxylation is 1. The molecule has 31 heavy (non-hydrogen) atoms. The third-order valence-electron chi connectivity index (χ3n) is 4.84. The Balaban J connectivity index is 1.61. The van der Waals surface area contributed by atoms with Crippen molar-refractivity contribution in [3.8, 4) is 0 Å². The van der Waals surface area contributed by atoms with E-state index in [4.69, 9.17) is 9.36 Å².